The molecular weight excluding hydrogens is 370 g/mol. The van der Waals surface area contributed by atoms with E-state index in [0.717, 1.165) is 12.0 Å². The van der Waals surface area contributed by atoms with Crippen molar-refractivity contribution in [2.45, 2.75) is 43.3 Å². The molecule has 2 atom stereocenters. The second kappa shape index (κ2) is 8.57. The number of nitriles is 1. The Labute approximate surface area is 171 Å². The largest absolute Gasteiger partial charge is 0.339 e. The molecular formula is C22H27N3O2S. The highest BCUT2D eigenvalue weighted by Crippen LogP contribution is 2.48. The lowest BCUT2D eigenvalue weighted by atomic mass is 10.1. The molecule has 2 aliphatic carbocycles. The topological polar surface area (TPSA) is 64.4 Å². The second-order valence-corrected chi connectivity index (χ2v) is 9.40. The van der Waals surface area contributed by atoms with Gasteiger partial charge in [-0.15, -0.1) is 11.8 Å². The summed E-state index contributed by atoms with van der Waals surface area (Å²) in [6.07, 6.45) is 5.97. The van der Waals surface area contributed by atoms with Crippen molar-refractivity contribution >= 4 is 23.6 Å². The molecule has 28 heavy (non-hydrogen) atoms. The molecule has 0 aromatic heterocycles. The van der Waals surface area contributed by atoms with E-state index in [1.807, 2.05) is 39.8 Å². The number of hydrogen-bond donors (Lipinski definition) is 0. The van der Waals surface area contributed by atoms with Gasteiger partial charge < -0.3 is 9.80 Å². The minimum atomic E-state index is 0.0362. The van der Waals surface area contributed by atoms with Crippen LogP contribution in [0.3, 0.4) is 0 Å². The van der Waals surface area contributed by atoms with Crippen LogP contribution in [0.25, 0.3) is 0 Å². The van der Waals surface area contributed by atoms with Crippen molar-refractivity contribution in [3.05, 3.63) is 35.4 Å². The summed E-state index contributed by atoms with van der Waals surface area (Å²) in [5, 5.41) is 9.72. The summed E-state index contributed by atoms with van der Waals surface area (Å²) in [5.74, 6) is 1.29. The van der Waals surface area contributed by atoms with Crippen molar-refractivity contribution in [3.63, 3.8) is 0 Å². The summed E-state index contributed by atoms with van der Waals surface area (Å²) >= 11 is 1.81. The van der Waals surface area contributed by atoms with Crippen molar-refractivity contribution in [1.82, 2.24) is 9.80 Å². The average molecular weight is 398 g/mol. The summed E-state index contributed by atoms with van der Waals surface area (Å²) in [7, 11) is 0. The van der Waals surface area contributed by atoms with Gasteiger partial charge in [0, 0.05) is 37.3 Å². The normalized spacial score (nSPS) is 24.8. The van der Waals surface area contributed by atoms with Crippen molar-refractivity contribution in [2.75, 3.05) is 31.9 Å². The van der Waals surface area contributed by atoms with Crippen molar-refractivity contribution < 1.29 is 9.59 Å². The highest BCUT2D eigenvalue weighted by atomic mass is 32.2. The Balaban J connectivity index is 1.23. The Morgan fingerprint density at radius 3 is 2.54 bits per heavy atom. The third-order valence-electron chi connectivity index (χ3n) is 6.24. The first-order valence-corrected chi connectivity index (χ1v) is 11.4. The number of nitrogens with zero attached hydrogens (tertiary/aromatic N) is 3. The lowest BCUT2D eigenvalue weighted by Gasteiger charge is -2.35. The smallest absolute Gasteiger partial charge is 0.232 e. The third-order valence-corrected chi connectivity index (χ3v) is 7.60. The molecule has 1 heterocycles. The van der Waals surface area contributed by atoms with Gasteiger partial charge in [0.05, 0.1) is 17.4 Å². The van der Waals surface area contributed by atoms with Crippen LogP contribution in [0.15, 0.2) is 24.3 Å². The number of rotatable bonds is 5. The molecule has 0 radical (unpaired) electrons. The molecule has 148 valence electrons. The minimum absolute atomic E-state index is 0.0362. The maximum absolute atomic E-state index is 12.8. The number of thioether (sulfide) groups is 1. The molecule has 3 fully saturated rings. The molecule has 6 heteroatoms. The minimum Gasteiger partial charge on any atom is -0.339 e. The fraction of sp³-hybridized carbons (Fsp3) is 0.591. The molecule has 0 spiro atoms. The zero-order chi connectivity index (χ0) is 19.5. The van der Waals surface area contributed by atoms with Crippen LogP contribution in [-0.2, 0) is 9.59 Å². The quantitative estimate of drug-likeness (QED) is 0.766. The van der Waals surface area contributed by atoms with Gasteiger partial charge >= 0.3 is 0 Å². The van der Waals surface area contributed by atoms with E-state index in [1.54, 1.807) is 6.07 Å². The van der Waals surface area contributed by atoms with Gasteiger partial charge in [-0.3, -0.25) is 9.59 Å². The Kier molecular flexibility index (Phi) is 5.91. The number of piperazine rings is 1. The second-order valence-electron chi connectivity index (χ2n) is 8.11. The van der Waals surface area contributed by atoms with Crippen LogP contribution >= 0.6 is 11.8 Å². The van der Waals surface area contributed by atoms with Crippen LogP contribution in [-0.4, -0.2) is 58.8 Å². The molecule has 2 saturated carbocycles. The van der Waals surface area contributed by atoms with Crippen LogP contribution in [0, 0.1) is 17.2 Å². The molecule has 4 rings (SSSR count). The Morgan fingerprint density at radius 2 is 1.82 bits per heavy atom. The van der Waals surface area contributed by atoms with Crippen molar-refractivity contribution in [1.29, 1.82) is 5.26 Å². The molecule has 2 amide bonds. The Morgan fingerprint density at radius 1 is 1.11 bits per heavy atom. The van der Waals surface area contributed by atoms with Crippen molar-refractivity contribution in [2.24, 2.45) is 5.92 Å². The molecule has 0 unspecified atom stereocenters. The molecule has 3 aliphatic rings. The average Bonchev–Trinajstić information content (AvgIpc) is 3.38. The SMILES string of the molecule is N#Cc1cccc([C@H]2C[C@@H]2C(=O)N2CCN(C(=O)CSC3CCCC3)CC2)c1. The van der Waals surface area contributed by atoms with Gasteiger partial charge in [0.25, 0.3) is 0 Å². The molecule has 1 aromatic carbocycles. The van der Waals surface area contributed by atoms with E-state index in [9.17, 15) is 9.59 Å². The Hall–Kier alpha value is -2.00. The first-order valence-electron chi connectivity index (χ1n) is 10.3. The van der Waals surface area contributed by atoms with Crippen LogP contribution in [0.5, 0.6) is 0 Å². The molecule has 0 N–H and O–H groups in total. The predicted molar refractivity (Wildman–Crippen MR) is 110 cm³/mol. The van der Waals surface area contributed by atoms with E-state index in [2.05, 4.69) is 6.07 Å². The van der Waals surface area contributed by atoms with Crippen LogP contribution in [0.4, 0.5) is 0 Å². The van der Waals surface area contributed by atoms with Crippen LogP contribution in [0.2, 0.25) is 0 Å². The summed E-state index contributed by atoms with van der Waals surface area (Å²) in [5.41, 5.74) is 1.74. The summed E-state index contributed by atoms with van der Waals surface area (Å²) < 4.78 is 0. The van der Waals surface area contributed by atoms with Crippen LogP contribution in [0.1, 0.15) is 49.1 Å². The van der Waals surface area contributed by atoms with Crippen LogP contribution < -0.4 is 0 Å². The molecule has 1 aliphatic heterocycles. The first kappa shape index (κ1) is 19.3. The van der Waals surface area contributed by atoms with Gasteiger partial charge in [-0.2, -0.15) is 5.26 Å². The summed E-state index contributed by atoms with van der Waals surface area (Å²) in [4.78, 5) is 29.1. The first-order chi connectivity index (χ1) is 13.7. The Bertz CT molecular complexity index is 776. The van der Waals surface area contributed by atoms with E-state index < -0.39 is 0 Å². The molecule has 1 aromatic rings. The van der Waals surface area contributed by atoms with E-state index in [4.69, 9.17) is 5.26 Å². The van der Waals surface area contributed by atoms with Gasteiger partial charge in [-0.05, 0) is 42.9 Å². The highest BCUT2D eigenvalue weighted by molar-refractivity contribution is 8.00. The maximum atomic E-state index is 12.8. The van der Waals surface area contributed by atoms with Gasteiger partial charge in [-0.1, -0.05) is 25.0 Å². The lowest BCUT2D eigenvalue weighted by molar-refractivity contribution is -0.139. The van der Waals surface area contributed by atoms with E-state index in [-0.39, 0.29) is 23.7 Å². The lowest BCUT2D eigenvalue weighted by Crippen LogP contribution is -2.51. The van der Waals surface area contributed by atoms with Gasteiger partial charge in [0.1, 0.15) is 0 Å². The fourth-order valence-electron chi connectivity index (χ4n) is 4.42. The number of benzene rings is 1. The fourth-order valence-corrected chi connectivity index (χ4v) is 5.65. The number of carbonyl (C=O) groups is 2. The maximum Gasteiger partial charge on any atom is 0.232 e. The standard InChI is InChI=1S/C22H27N3O2S/c23-14-16-4-3-5-17(12-16)19-13-20(19)22(27)25-10-8-24(9-11-25)21(26)15-28-18-6-1-2-7-18/h3-5,12,18-20H,1-2,6-11,13,15H2/t19-,20+/m1/s1. The molecule has 1 saturated heterocycles. The van der Waals surface area contributed by atoms with E-state index >= 15 is 0 Å². The summed E-state index contributed by atoms with van der Waals surface area (Å²) in [6.45, 7) is 2.58. The molecule has 5 nitrogen and oxygen atoms in total. The predicted octanol–water partition coefficient (Wildman–Crippen LogP) is 3.01. The number of carbonyl (C=O) groups excluding carboxylic acids is 2. The summed E-state index contributed by atoms with van der Waals surface area (Å²) in [6, 6.07) is 9.76. The van der Waals surface area contributed by atoms with Gasteiger partial charge in [-0.25, -0.2) is 0 Å². The van der Waals surface area contributed by atoms with E-state index in [0.29, 0.717) is 42.7 Å². The number of hydrogen-bond acceptors (Lipinski definition) is 4. The van der Waals surface area contributed by atoms with E-state index in [1.165, 1.54) is 25.7 Å². The number of amides is 2. The zero-order valence-corrected chi connectivity index (χ0v) is 17.0. The molecule has 0 bridgehead atoms. The zero-order valence-electron chi connectivity index (χ0n) is 16.2. The van der Waals surface area contributed by atoms with Crippen molar-refractivity contribution in [3.8, 4) is 6.07 Å². The monoisotopic (exact) mass is 397 g/mol. The third kappa shape index (κ3) is 4.35. The highest BCUT2D eigenvalue weighted by Gasteiger charge is 2.46. The van der Waals surface area contributed by atoms with Gasteiger partial charge in [0.2, 0.25) is 11.8 Å². The van der Waals surface area contributed by atoms with Gasteiger partial charge in [0.15, 0.2) is 0 Å².